The first kappa shape index (κ1) is 23.2. The monoisotopic (exact) mass is 523 g/mol. The fourth-order valence-electron chi connectivity index (χ4n) is 3.50. The Hall–Kier alpha value is -2.92. The molecule has 0 radical (unpaired) electrons. The Labute approximate surface area is 196 Å². The number of rotatable bonds is 5. The van der Waals surface area contributed by atoms with Crippen molar-refractivity contribution in [3.05, 3.63) is 64.2 Å². The van der Waals surface area contributed by atoms with Crippen LogP contribution in [0.4, 0.5) is 23.7 Å². The first-order valence-corrected chi connectivity index (χ1v) is 11.0. The van der Waals surface area contributed by atoms with Crippen LogP contribution in [0.2, 0.25) is 0 Å². The van der Waals surface area contributed by atoms with E-state index in [4.69, 9.17) is 4.42 Å². The maximum Gasteiger partial charge on any atom is 0.324 e. The molecule has 1 aliphatic heterocycles. The van der Waals surface area contributed by atoms with Crippen molar-refractivity contribution in [1.29, 1.82) is 0 Å². The molecule has 2 amide bonds. The van der Waals surface area contributed by atoms with Crippen molar-refractivity contribution >= 4 is 27.6 Å². The predicted octanol–water partition coefficient (Wildman–Crippen LogP) is 4.95. The molecule has 0 N–H and O–H groups in total. The number of likely N-dealkylation sites (N-methyl/N-ethyl adjacent to an activating group) is 1. The van der Waals surface area contributed by atoms with Crippen LogP contribution in [0.15, 0.2) is 51.4 Å². The maximum absolute atomic E-state index is 15.0. The van der Waals surface area contributed by atoms with E-state index >= 15 is 4.39 Å². The molecule has 11 heteroatoms. The molecule has 0 atom stereocenters. The maximum atomic E-state index is 15.0. The van der Waals surface area contributed by atoms with Crippen molar-refractivity contribution in [3.63, 3.8) is 0 Å². The van der Waals surface area contributed by atoms with Gasteiger partial charge in [0.05, 0.1) is 6.54 Å². The second-order valence-corrected chi connectivity index (χ2v) is 8.61. The van der Waals surface area contributed by atoms with E-state index in [9.17, 15) is 13.6 Å². The van der Waals surface area contributed by atoms with Gasteiger partial charge in [-0.05, 0) is 37.4 Å². The summed E-state index contributed by atoms with van der Waals surface area (Å²) >= 11 is 3.42. The molecule has 0 aliphatic carbocycles. The molecular formula is C22H21BrF3N5O2. The number of amides is 2. The third kappa shape index (κ3) is 5.36. The van der Waals surface area contributed by atoms with Crippen LogP contribution >= 0.6 is 15.9 Å². The van der Waals surface area contributed by atoms with Gasteiger partial charge in [-0.1, -0.05) is 28.1 Å². The van der Waals surface area contributed by atoms with Crippen LogP contribution in [0, 0.1) is 5.82 Å². The van der Waals surface area contributed by atoms with Gasteiger partial charge in [0.1, 0.15) is 5.82 Å². The molecule has 0 spiro atoms. The Bertz CT molecular complexity index is 1130. The normalized spacial score (nSPS) is 14.7. The second kappa shape index (κ2) is 9.92. The van der Waals surface area contributed by atoms with Gasteiger partial charge in [0.25, 0.3) is 5.89 Å². The minimum absolute atomic E-state index is 0.0140. The van der Waals surface area contributed by atoms with Crippen molar-refractivity contribution in [2.24, 2.45) is 0 Å². The Balaban J connectivity index is 1.60. The molecule has 174 valence electrons. The smallest absolute Gasteiger partial charge is 0.324 e. The number of nitrogens with zero attached hydrogens (tertiary/aromatic N) is 5. The van der Waals surface area contributed by atoms with Crippen molar-refractivity contribution in [1.82, 2.24) is 20.0 Å². The van der Waals surface area contributed by atoms with E-state index in [-0.39, 0.29) is 29.6 Å². The minimum Gasteiger partial charge on any atom is -0.415 e. The lowest BCUT2D eigenvalue weighted by molar-refractivity contribution is 0.116. The summed E-state index contributed by atoms with van der Waals surface area (Å²) in [6, 6.07) is 11.1. The number of carbonyl (C=O) groups excluding carboxylic acids is 1. The van der Waals surface area contributed by atoms with Gasteiger partial charge in [0.15, 0.2) is 0 Å². The standard InChI is InChI=1S/C22H21BrF3N5O2/c1-29-7-9-30(10-8-29)22(32)31(17-4-2-3-16(23)12-17)13-15-6-5-14(11-18(15)24)20-27-28-21(33-20)19(25)26/h2-6,11-12,19H,7-10,13H2,1H3. The number of hydrogen-bond acceptors (Lipinski definition) is 5. The van der Waals surface area contributed by atoms with E-state index < -0.39 is 18.1 Å². The van der Waals surface area contributed by atoms with E-state index in [2.05, 4.69) is 31.0 Å². The number of hydrogen-bond donors (Lipinski definition) is 0. The van der Waals surface area contributed by atoms with Crippen LogP contribution < -0.4 is 4.90 Å². The largest absolute Gasteiger partial charge is 0.415 e. The zero-order valence-corrected chi connectivity index (χ0v) is 19.3. The van der Waals surface area contributed by atoms with Crippen LogP contribution in [0.3, 0.4) is 0 Å². The number of anilines is 1. The molecule has 2 aromatic carbocycles. The lowest BCUT2D eigenvalue weighted by atomic mass is 10.1. The Morgan fingerprint density at radius 1 is 1.15 bits per heavy atom. The Morgan fingerprint density at radius 2 is 1.91 bits per heavy atom. The molecule has 0 saturated carbocycles. The summed E-state index contributed by atoms with van der Waals surface area (Å²) in [7, 11) is 2.00. The summed E-state index contributed by atoms with van der Waals surface area (Å²) in [5.41, 5.74) is 1.06. The number of benzene rings is 2. The van der Waals surface area contributed by atoms with Crippen LogP contribution in [-0.2, 0) is 6.54 Å². The minimum atomic E-state index is -2.91. The summed E-state index contributed by atoms with van der Waals surface area (Å²) < 4.78 is 46.1. The molecule has 1 aliphatic rings. The highest BCUT2D eigenvalue weighted by atomic mass is 79.9. The van der Waals surface area contributed by atoms with Gasteiger partial charge >= 0.3 is 12.5 Å². The molecule has 7 nitrogen and oxygen atoms in total. The summed E-state index contributed by atoms with van der Waals surface area (Å²) in [5.74, 6) is -1.64. The number of carbonyl (C=O) groups is 1. The lowest BCUT2D eigenvalue weighted by Gasteiger charge is -2.36. The summed E-state index contributed by atoms with van der Waals surface area (Å²) in [6.45, 7) is 2.65. The SMILES string of the molecule is CN1CCN(C(=O)N(Cc2ccc(-c3nnc(C(F)F)o3)cc2F)c2cccc(Br)c2)CC1. The number of aromatic nitrogens is 2. The lowest BCUT2D eigenvalue weighted by Crippen LogP contribution is -2.52. The van der Waals surface area contributed by atoms with E-state index in [0.717, 1.165) is 23.6 Å². The highest BCUT2D eigenvalue weighted by Gasteiger charge is 2.26. The van der Waals surface area contributed by atoms with E-state index in [1.165, 1.54) is 17.0 Å². The average Bonchev–Trinajstić information content (AvgIpc) is 3.29. The molecule has 33 heavy (non-hydrogen) atoms. The second-order valence-electron chi connectivity index (χ2n) is 7.69. The van der Waals surface area contributed by atoms with Crippen molar-refractivity contribution in [3.8, 4) is 11.5 Å². The summed E-state index contributed by atoms with van der Waals surface area (Å²) in [4.78, 5) is 18.8. The van der Waals surface area contributed by atoms with Crippen molar-refractivity contribution in [2.45, 2.75) is 13.0 Å². The molecule has 4 rings (SSSR count). The predicted molar refractivity (Wildman–Crippen MR) is 119 cm³/mol. The molecule has 1 aromatic heterocycles. The topological polar surface area (TPSA) is 65.7 Å². The van der Waals surface area contributed by atoms with Gasteiger partial charge in [-0.2, -0.15) is 8.78 Å². The van der Waals surface area contributed by atoms with E-state index in [1.807, 2.05) is 13.1 Å². The first-order valence-electron chi connectivity index (χ1n) is 10.2. The number of halogens is 4. The van der Waals surface area contributed by atoms with Crippen LogP contribution in [0.5, 0.6) is 0 Å². The Morgan fingerprint density at radius 3 is 2.55 bits per heavy atom. The van der Waals surface area contributed by atoms with Gasteiger partial charge in [-0.3, -0.25) is 4.90 Å². The van der Waals surface area contributed by atoms with Crippen molar-refractivity contribution in [2.75, 3.05) is 38.1 Å². The summed E-state index contributed by atoms with van der Waals surface area (Å²) in [5, 5.41) is 6.81. The highest BCUT2D eigenvalue weighted by Crippen LogP contribution is 2.27. The van der Waals surface area contributed by atoms with Gasteiger partial charge in [0.2, 0.25) is 5.89 Å². The molecule has 0 bridgehead atoms. The van der Waals surface area contributed by atoms with E-state index in [1.54, 1.807) is 23.1 Å². The van der Waals surface area contributed by atoms with Crippen LogP contribution in [-0.4, -0.2) is 59.3 Å². The van der Waals surface area contributed by atoms with E-state index in [0.29, 0.717) is 18.8 Å². The number of urea groups is 1. The Kier molecular flexibility index (Phi) is 6.99. The van der Waals surface area contributed by atoms with Gasteiger partial charge in [0, 0.05) is 47.5 Å². The fraction of sp³-hybridized carbons (Fsp3) is 0.318. The first-order chi connectivity index (χ1) is 15.8. The third-order valence-corrected chi connectivity index (χ3v) is 5.87. The summed E-state index contributed by atoms with van der Waals surface area (Å²) in [6.07, 6.45) is -2.91. The zero-order chi connectivity index (χ0) is 23.5. The molecule has 2 heterocycles. The number of piperazine rings is 1. The fourth-order valence-corrected chi connectivity index (χ4v) is 3.89. The van der Waals surface area contributed by atoms with Gasteiger partial charge < -0.3 is 14.2 Å². The average molecular weight is 524 g/mol. The number of alkyl halides is 2. The third-order valence-electron chi connectivity index (χ3n) is 5.38. The molecule has 3 aromatic rings. The molecule has 1 saturated heterocycles. The molecular weight excluding hydrogens is 503 g/mol. The quantitative estimate of drug-likeness (QED) is 0.473. The van der Waals surface area contributed by atoms with Crippen molar-refractivity contribution < 1.29 is 22.4 Å². The molecule has 0 unspecified atom stereocenters. The zero-order valence-electron chi connectivity index (χ0n) is 17.7. The van der Waals surface area contributed by atoms with Crippen LogP contribution in [0.25, 0.3) is 11.5 Å². The van der Waals surface area contributed by atoms with Gasteiger partial charge in [-0.25, -0.2) is 9.18 Å². The van der Waals surface area contributed by atoms with Gasteiger partial charge in [-0.15, -0.1) is 10.2 Å². The highest BCUT2D eigenvalue weighted by molar-refractivity contribution is 9.10. The van der Waals surface area contributed by atoms with Crippen LogP contribution in [0.1, 0.15) is 17.9 Å². The molecule has 1 fully saturated rings.